The smallest absolute Gasteiger partial charge is 0.202 e. The molecule has 0 aliphatic heterocycles. The highest BCUT2D eigenvalue weighted by Crippen LogP contribution is 2.67. The van der Waals surface area contributed by atoms with Gasteiger partial charge in [-0.2, -0.15) is 0 Å². The minimum Gasteiger partial charge on any atom is -0.486 e. The van der Waals surface area contributed by atoms with Gasteiger partial charge in [-0.05, 0) is 92.0 Å². The number of aliphatic hydroxyl groups is 2. The molecule has 0 spiro atoms. The highest BCUT2D eigenvalue weighted by molar-refractivity contribution is 6.01. The van der Waals surface area contributed by atoms with Gasteiger partial charge in [0.25, 0.3) is 0 Å². The quantitative estimate of drug-likeness (QED) is 0.488. The molecule has 0 amide bonds. The molecule has 6 rings (SSSR count). The van der Waals surface area contributed by atoms with Crippen LogP contribution >= 0.6 is 0 Å². The number of benzene rings is 2. The Bertz CT molecular complexity index is 1360. The molecule has 0 radical (unpaired) electrons. The standard InChI is InChI=1S/C34H38O6/c1-21-17-26-27-14-16-34(38,33(27,3)19-29(36)31(26)32(2)15-13-22(35)18-28(21)32)30(37)20-39-23-9-11-25(12-10-23)40-24-7-5-4-6-8-24/h4-13,15,18,21,26-27,29,31,36,38H,14,16-17,19-20H2,1-3H3/t21-,26?,27?,29?,31?,32?,33?,34-/m0/s1. The molecule has 2 N–H and O–H groups in total. The average Bonchev–Trinajstić information content (AvgIpc) is 3.20. The Morgan fingerprint density at radius 3 is 2.42 bits per heavy atom. The van der Waals surface area contributed by atoms with Crippen LogP contribution in [0.5, 0.6) is 17.2 Å². The molecule has 6 heteroatoms. The van der Waals surface area contributed by atoms with Gasteiger partial charge in [-0.1, -0.05) is 50.6 Å². The van der Waals surface area contributed by atoms with Crippen LogP contribution in [0.4, 0.5) is 0 Å². The van der Waals surface area contributed by atoms with Gasteiger partial charge in [-0.3, -0.25) is 9.59 Å². The van der Waals surface area contributed by atoms with Gasteiger partial charge >= 0.3 is 0 Å². The first kappa shape index (κ1) is 27.0. The zero-order chi connectivity index (χ0) is 28.3. The Balaban J connectivity index is 1.17. The normalized spacial score (nSPS) is 38.1. The SMILES string of the molecule is C[C@H]1CC2C(C(O)CC3(C)C2CC[C@]3(O)C(=O)COc2ccc(Oc3ccccc3)cc2)C2(C)C=CC(=O)C=C12. The summed E-state index contributed by atoms with van der Waals surface area (Å²) in [4.78, 5) is 25.8. The molecule has 2 aromatic rings. The van der Waals surface area contributed by atoms with Crippen molar-refractivity contribution in [3.63, 3.8) is 0 Å². The molecular formula is C34H38O6. The van der Waals surface area contributed by atoms with Crippen LogP contribution in [0.2, 0.25) is 0 Å². The topological polar surface area (TPSA) is 93.1 Å². The number of Topliss-reactive ketones (excluding diaryl/α,β-unsaturated/α-hetero) is 1. The molecule has 3 fully saturated rings. The lowest BCUT2D eigenvalue weighted by molar-refractivity contribution is -0.179. The van der Waals surface area contributed by atoms with E-state index >= 15 is 0 Å². The van der Waals surface area contributed by atoms with E-state index in [4.69, 9.17) is 9.47 Å². The number of fused-ring (bicyclic) bond motifs is 5. The molecule has 0 heterocycles. The first-order valence-corrected chi connectivity index (χ1v) is 14.4. The number of rotatable bonds is 6. The van der Waals surface area contributed by atoms with Crippen LogP contribution in [0.3, 0.4) is 0 Å². The summed E-state index contributed by atoms with van der Waals surface area (Å²) in [6.45, 7) is 6.03. The number of para-hydroxylation sites is 1. The van der Waals surface area contributed by atoms with E-state index in [1.807, 2.05) is 43.3 Å². The van der Waals surface area contributed by atoms with Crippen LogP contribution < -0.4 is 9.47 Å². The minimum absolute atomic E-state index is 0.00658. The van der Waals surface area contributed by atoms with Crippen molar-refractivity contribution >= 4 is 11.6 Å². The van der Waals surface area contributed by atoms with Crippen molar-refractivity contribution in [1.82, 2.24) is 0 Å². The van der Waals surface area contributed by atoms with Crippen LogP contribution in [-0.2, 0) is 9.59 Å². The highest BCUT2D eigenvalue weighted by Gasteiger charge is 2.68. The van der Waals surface area contributed by atoms with Crippen molar-refractivity contribution in [2.45, 2.75) is 58.2 Å². The average molecular weight is 543 g/mol. The molecular weight excluding hydrogens is 504 g/mol. The Labute approximate surface area is 235 Å². The maximum atomic E-state index is 13.6. The number of carbonyl (C=O) groups excluding carboxylic acids is 2. The van der Waals surface area contributed by atoms with Crippen LogP contribution in [0.15, 0.2) is 78.4 Å². The van der Waals surface area contributed by atoms with Gasteiger partial charge in [0.05, 0.1) is 6.10 Å². The summed E-state index contributed by atoms with van der Waals surface area (Å²) >= 11 is 0. The molecule has 0 bridgehead atoms. The molecule has 8 atom stereocenters. The summed E-state index contributed by atoms with van der Waals surface area (Å²) in [5.74, 6) is 1.95. The number of carbonyl (C=O) groups is 2. The van der Waals surface area contributed by atoms with E-state index in [1.165, 1.54) is 0 Å². The number of ether oxygens (including phenoxy) is 2. The van der Waals surface area contributed by atoms with Crippen LogP contribution in [-0.4, -0.2) is 40.1 Å². The Hall–Kier alpha value is -3.22. The monoisotopic (exact) mass is 542 g/mol. The third-order valence-corrected chi connectivity index (χ3v) is 10.6. The van der Waals surface area contributed by atoms with E-state index in [-0.39, 0.29) is 41.8 Å². The van der Waals surface area contributed by atoms with E-state index < -0.39 is 22.5 Å². The summed E-state index contributed by atoms with van der Waals surface area (Å²) in [7, 11) is 0. The lowest BCUT2D eigenvalue weighted by Gasteiger charge is -2.60. The number of aliphatic hydroxyl groups excluding tert-OH is 1. The zero-order valence-electron chi connectivity index (χ0n) is 23.4. The Morgan fingerprint density at radius 2 is 1.70 bits per heavy atom. The third-order valence-electron chi connectivity index (χ3n) is 10.6. The van der Waals surface area contributed by atoms with Crippen molar-refractivity contribution in [3.8, 4) is 17.2 Å². The van der Waals surface area contributed by atoms with E-state index in [0.29, 0.717) is 24.3 Å². The summed E-state index contributed by atoms with van der Waals surface area (Å²) in [5, 5.41) is 23.6. The lowest BCUT2D eigenvalue weighted by atomic mass is 9.45. The van der Waals surface area contributed by atoms with Crippen LogP contribution in [0.1, 0.15) is 46.5 Å². The minimum atomic E-state index is -1.57. The van der Waals surface area contributed by atoms with Gasteiger partial charge in [0.2, 0.25) is 5.78 Å². The molecule has 210 valence electrons. The van der Waals surface area contributed by atoms with Gasteiger partial charge in [-0.15, -0.1) is 0 Å². The van der Waals surface area contributed by atoms with Crippen LogP contribution in [0, 0.1) is 34.5 Å². The molecule has 6 unspecified atom stereocenters. The molecule has 4 aliphatic rings. The summed E-state index contributed by atoms with van der Waals surface area (Å²) in [6.07, 6.45) is 6.94. The predicted molar refractivity (Wildman–Crippen MR) is 151 cm³/mol. The molecule has 2 aromatic carbocycles. The maximum Gasteiger partial charge on any atom is 0.202 e. The van der Waals surface area contributed by atoms with Gasteiger partial charge < -0.3 is 19.7 Å². The molecule has 0 aromatic heterocycles. The second-order valence-corrected chi connectivity index (χ2v) is 12.7. The van der Waals surface area contributed by atoms with Crippen molar-refractivity contribution in [2.24, 2.45) is 34.5 Å². The Morgan fingerprint density at radius 1 is 1.02 bits per heavy atom. The number of allylic oxidation sites excluding steroid dienone is 4. The first-order valence-electron chi connectivity index (χ1n) is 14.4. The fourth-order valence-electron chi connectivity index (χ4n) is 8.71. The van der Waals surface area contributed by atoms with E-state index in [0.717, 1.165) is 24.2 Å². The summed E-state index contributed by atoms with van der Waals surface area (Å²) < 4.78 is 11.7. The molecule has 40 heavy (non-hydrogen) atoms. The molecule has 6 nitrogen and oxygen atoms in total. The van der Waals surface area contributed by atoms with Crippen molar-refractivity contribution < 1.29 is 29.3 Å². The van der Waals surface area contributed by atoms with Crippen molar-refractivity contribution in [2.75, 3.05) is 6.61 Å². The number of ketones is 2. The number of hydrogen-bond donors (Lipinski definition) is 2. The molecule has 4 aliphatic carbocycles. The second kappa shape index (κ2) is 9.71. The van der Waals surface area contributed by atoms with Gasteiger partial charge in [0.1, 0.15) is 29.5 Å². The zero-order valence-corrected chi connectivity index (χ0v) is 23.4. The summed E-state index contributed by atoms with van der Waals surface area (Å²) in [5.41, 5.74) is -1.63. The summed E-state index contributed by atoms with van der Waals surface area (Å²) in [6, 6.07) is 16.6. The second-order valence-electron chi connectivity index (χ2n) is 12.7. The largest absolute Gasteiger partial charge is 0.486 e. The lowest BCUT2D eigenvalue weighted by Crippen LogP contribution is -2.62. The molecule has 3 saturated carbocycles. The molecule has 0 saturated heterocycles. The fraction of sp³-hybridized carbons (Fsp3) is 0.471. The van der Waals surface area contributed by atoms with E-state index in [9.17, 15) is 19.8 Å². The van der Waals surface area contributed by atoms with E-state index in [2.05, 4.69) is 13.8 Å². The van der Waals surface area contributed by atoms with Gasteiger partial charge in [-0.25, -0.2) is 0 Å². The van der Waals surface area contributed by atoms with Crippen molar-refractivity contribution in [1.29, 1.82) is 0 Å². The van der Waals surface area contributed by atoms with Crippen molar-refractivity contribution in [3.05, 3.63) is 78.4 Å². The van der Waals surface area contributed by atoms with Gasteiger partial charge in [0, 0.05) is 16.7 Å². The maximum absolute atomic E-state index is 13.6. The fourth-order valence-corrected chi connectivity index (χ4v) is 8.71. The van der Waals surface area contributed by atoms with Gasteiger partial charge in [0.15, 0.2) is 5.78 Å². The van der Waals surface area contributed by atoms with E-state index in [1.54, 1.807) is 36.4 Å². The third kappa shape index (κ3) is 4.15. The first-order chi connectivity index (χ1) is 19.0. The predicted octanol–water partition coefficient (Wildman–Crippen LogP) is 5.68. The number of hydrogen-bond acceptors (Lipinski definition) is 6. The highest BCUT2D eigenvalue weighted by atomic mass is 16.5. The van der Waals surface area contributed by atoms with Crippen LogP contribution in [0.25, 0.3) is 0 Å². The Kier molecular flexibility index (Phi) is 6.54.